The number of nitrogens with one attached hydrogen (secondary N) is 1. The van der Waals surface area contributed by atoms with E-state index < -0.39 is 0 Å². The van der Waals surface area contributed by atoms with Crippen LogP contribution in [0, 0.1) is 0 Å². The number of fused-ring (bicyclic) bond motifs is 1. The molecule has 0 bridgehead atoms. The van der Waals surface area contributed by atoms with E-state index in [2.05, 4.69) is 38.9 Å². The molecule has 3 N–H and O–H groups in total. The van der Waals surface area contributed by atoms with Gasteiger partial charge in [0.1, 0.15) is 24.0 Å². The van der Waals surface area contributed by atoms with Crippen LogP contribution in [-0.4, -0.2) is 79.5 Å². The molecule has 3 aromatic rings. The molecule has 0 unspecified atom stereocenters. The van der Waals surface area contributed by atoms with Gasteiger partial charge in [-0.05, 0) is 49.2 Å². The summed E-state index contributed by atoms with van der Waals surface area (Å²) in [5.74, 6) is 1.41. The van der Waals surface area contributed by atoms with Gasteiger partial charge in [-0.3, -0.25) is 20.6 Å². The molecule has 4 rings (SSSR count). The van der Waals surface area contributed by atoms with E-state index in [1.165, 1.54) is 0 Å². The fourth-order valence-electron chi connectivity index (χ4n) is 3.72. The maximum Gasteiger partial charge on any atom is 0.146 e. The van der Waals surface area contributed by atoms with Crippen molar-refractivity contribution in [3.8, 4) is 16.9 Å². The van der Waals surface area contributed by atoms with Gasteiger partial charge in [0.05, 0.1) is 17.2 Å². The van der Waals surface area contributed by atoms with Gasteiger partial charge in [-0.1, -0.05) is 12.1 Å². The van der Waals surface area contributed by atoms with Gasteiger partial charge in [-0.2, -0.15) is 0 Å². The van der Waals surface area contributed by atoms with Crippen molar-refractivity contribution in [2.75, 3.05) is 58.4 Å². The van der Waals surface area contributed by atoms with Crippen LogP contribution in [0.5, 0.6) is 5.75 Å². The minimum absolute atomic E-state index is 0.0953. The number of hydrogen-bond donors (Lipinski definition) is 2. The number of aromatic nitrogens is 2. The normalized spacial score (nSPS) is 15.2. The molecule has 1 fully saturated rings. The summed E-state index contributed by atoms with van der Waals surface area (Å²) in [4.78, 5) is 18.2. The zero-order valence-electron chi connectivity index (χ0n) is 17.9. The quantitative estimate of drug-likeness (QED) is 0.428. The Hall–Kier alpha value is -3.07. The van der Waals surface area contributed by atoms with Crippen LogP contribution in [0.2, 0.25) is 0 Å². The van der Waals surface area contributed by atoms with Crippen LogP contribution < -0.4 is 15.8 Å². The second-order valence-corrected chi connectivity index (χ2v) is 7.68. The number of rotatable bonds is 8. The average molecular weight is 420 g/mol. The Kier molecular flexibility index (Phi) is 6.71. The van der Waals surface area contributed by atoms with Crippen LogP contribution in [0.25, 0.3) is 22.2 Å². The highest BCUT2D eigenvalue weighted by atomic mass is 16.5. The zero-order valence-corrected chi connectivity index (χ0v) is 17.9. The number of nitrogens with zero attached hydrogens (tertiary/aromatic N) is 5. The molecule has 0 atom stereocenters. The standard InChI is InChI=1S/C23H29N7O/c1-25-21-14-18(4-6-22(21)31-16-24)17-3-5-19-20(13-17)28-23(15-27-19)26-7-8-30-11-9-29(2)10-12-30/h3-6,13-15H,1,7-12,16,24H2,2H3,(H,26,28). The van der Waals surface area contributed by atoms with Crippen molar-refractivity contribution in [3.05, 3.63) is 42.6 Å². The smallest absolute Gasteiger partial charge is 0.146 e. The number of likely N-dealkylation sites (N-methyl/N-ethyl adjacent to an activating group) is 1. The number of benzene rings is 2. The third kappa shape index (κ3) is 5.16. The van der Waals surface area contributed by atoms with Gasteiger partial charge >= 0.3 is 0 Å². The summed E-state index contributed by atoms with van der Waals surface area (Å²) >= 11 is 0. The van der Waals surface area contributed by atoms with Crippen molar-refractivity contribution in [3.63, 3.8) is 0 Å². The molecule has 1 aromatic heterocycles. The lowest BCUT2D eigenvalue weighted by Gasteiger charge is -2.32. The maximum atomic E-state index is 5.48. The molecule has 162 valence electrons. The van der Waals surface area contributed by atoms with Gasteiger partial charge in [0, 0.05) is 39.3 Å². The van der Waals surface area contributed by atoms with Crippen molar-refractivity contribution in [2.45, 2.75) is 0 Å². The minimum Gasteiger partial charge on any atom is -0.476 e. The maximum absolute atomic E-state index is 5.48. The Morgan fingerprint density at radius 3 is 2.65 bits per heavy atom. The van der Waals surface area contributed by atoms with Gasteiger partial charge in [0.15, 0.2) is 0 Å². The molecular formula is C23H29N7O. The minimum atomic E-state index is 0.0953. The van der Waals surface area contributed by atoms with Gasteiger partial charge < -0.3 is 15.0 Å². The molecule has 0 radical (unpaired) electrons. The number of anilines is 1. The number of nitrogens with two attached hydrogens (primary N) is 1. The number of piperazine rings is 1. The third-order valence-electron chi connectivity index (χ3n) is 5.57. The van der Waals surface area contributed by atoms with Crippen LogP contribution in [-0.2, 0) is 0 Å². The molecule has 0 amide bonds. The second-order valence-electron chi connectivity index (χ2n) is 7.68. The van der Waals surface area contributed by atoms with E-state index >= 15 is 0 Å². The van der Waals surface area contributed by atoms with Gasteiger partial charge in [-0.25, -0.2) is 4.98 Å². The predicted molar refractivity (Wildman–Crippen MR) is 126 cm³/mol. The Morgan fingerprint density at radius 1 is 1.10 bits per heavy atom. The molecule has 8 heteroatoms. The van der Waals surface area contributed by atoms with Gasteiger partial charge in [-0.15, -0.1) is 0 Å². The van der Waals surface area contributed by atoms with E-state index in [-0.39, 0.29) is 6.73 Å². The largest absolute Gasteiger partial charge is 0.476 e. The molecule has 0 saturated carbocycles. The number of ether oxygens (including phenoxy) is 1. The summed E-state index contributed by atoms with van der Waals surface area (Å²) in [6.07, 6.45) is 1.80. The summed E-state index contributed by atoms with van der Waals surface area (Å²) in [7, 11) is 2.17. The predicted octanol–water partition coefficient (Wildman–Crippen LogP) is 2.58. The van der Waals surface area contributed by atoms with Crippen molar-refractivity contribution >= 4 is 29.3 Å². The first kappa shape index (κ1) is 21.2. The zero-order chi connectivity index (χ0) is 21.6. The summed E-state index contributed by atoms with van der Waals surface area (Å²) < 4.78 is 5.40. The third-order valence-corrected chi connectivity index (χ3v) is 5.57. The molecule has 2 aromatic carbocycles. The Balaban J connectivity index is 1.47. The highest BCUT2D eigenvalue weighted by molar-refractivity contribution is 5.83. The van der Waals surface area contributed by atoms with Gasteiger partial charge in [0.2, 0.25) is 0 Å². The monoisotopic (exact) mass is 419 g/mol. The van der Waals surface area contributed by atoms with E-state index in [0.717, 1.165) is 67.2 Å². The van der Waals surface area contributed by atoms with E-state index in [1.807, 2.05) is 36.4 Å². The molecule has 0 spiro atoms. The number of hydrogen-bond acceptors (Lipinski definition) is 8. The van der Waals surface area contributed by atoms with Crippen LogP contribution in [0.1, 0.15) is 0 Å². The molecule has 1 saturated heterocycles. The lowest BCUT2D eigenvalue weighted by molar-refractivity contribution is 0.158. The highest BCUT2D eigenvalue weighted by Crippen LogP contribution is 2.33. The van der Waals surface area contributed by atoms with Crippen molar-refractivity contribution in [1.29, 1.82) is 0 Å². The summed E-state index contributed by atoms with van der Waals surface area (Å²) in [6.45, 7) is 10.1. The van der Waals surface area contributed by atoms with Crippen LogP contribution in [0.3, 0.4) is 0 Å². The Morgan fingerprint density at radius 2 is 1.87 bits per heavy atom. The SMILES string of the molecule is C=Nc1cc(-c2ccc3ncc(NCCN4CCN(C)CC4)nc3c2)ccc1OCN. The van der Waals surface area contributed by atoms with Crippen molar-refractivity contribution in [2.24, 2.45) is 10.7 Å². The van der Waals surface area contributed by atoms with Crippen LogP contribution in [0.4, 0.5) is 11.5 Å². The highest BCUT2D eigenvalue weighted by Gasteiger charge is 2.13. The lowest BCUT2D eigenvalue weighted by atomic mass is 10.0. The van der Waals surface area contributed by atoms with Gasteiger partial charge in [0.25, 0.3) is 0 Å². The van der Waals surface area contributed by atoms with Crippen LogP contribution >= 0.6 is 0 Å². The first-order valence-electron chi connectivity index (χ1n) is 10.5. The first-order chi connectivity index (χ1) is 15.2. The molecule has 2 heterocycles. The summed E-state index contributed by atoms with van der Waals surface area (Å²) in [5, 5.41) is 3.41. The van der Waals surface area contributed by atoms with Crippen molar-refractivity contribution in [1.82, 2.24) is 19.8 Å². The lowest BCUT2D eigenvalue weighted by Crippen LogP contribution is -2.45. The molecule has 8 nitrogen and oxygen atoms in total. The first-order valence-corrected chi connectivity index (χ1v) is 10.5. The molecule has 1 aliphatic heterocycles. The molecule has 31 heavy (non-hydrogen) atoms. The van der Waals surface area contributed by atoms with E-state index in [4.69, 9.17) is 15.5 Å². The molecular weight excluding hydrogens is 390 g/mol. The second kappa shape index (κ2) is 9.82. The van der Waals surface area contributed by atoms with E-state index in [1.54, 1.807) is 6.20 Å². The fourth-order valence-corrected chi connectivity index (χ4v) is 3.72. The molecule has 1 aliphatic rings. The van der Waals surface area contributed by atoms with Crippen LogP contribution in [0.15, 0.2) is 47.6 Å². The molecule has 0 aliphatic carbocycles. The fraction of sp³-hybridized carbons (Fsp3) is 0.348. The Labute approximate surface area is 182 Å². The summed E-state index contributed by atoms with van der Waals surface area (Å²) in [6, 6.07) is 11.8. The number of aliphatic imine (C=N–C) groups is 1. The van der Waals surface area contributed by atoms with E-state index in [0.29, 0.717) is 11.4 Å². The average Bonchev–Trinajstić information content (AvgIpc) is 2.80. The topological polar surface area (TPSA) is 91.9 Å². The van der Waals surface area contributed by atoms with Crippen molar-refractivity contribution < 1.29 is 4.74 Å². The summed E-state index contributed by atoms with van der Waals surface area (Å²) in [5.41, 5.74) is 9.88. The van der Waals surface area contributed by atoms with E-state index in [9.17, 15) is 0 Å². The Bertz CT molecular complexity index is 1050.